The monoisotopic (exact) mass is 459 g/mol. The molecule has 1 saturated heterocycles. The number of carbonyl (C=O) groups excluding carboxylic acids is 1. The van der Waals surface area contributed by atoms with Gasteiger partial charge in [-0.3, -0.25) is 9.69 Å². The van der Waals surface area contributed by atoms with Crippen molar-refractivity contribution in [1.82, 2.24) is 19.9 Å². The average Bonchev–Trinajstić information content (AvgIpc) is 3.46. The quantitative estimate of drug-likeness (QED) is 0.755. The fraction of sp³-hybridized carbons (Fsp3) is 0.632. The average molecular weight is 460 g/mol. The fourth-order valence-corrected chi connectivity index (χ4v) is 5.70. The van der Waals surface area contributed by atoms with Gasteiger partial charge in [0.05, 0.1) is 17.3 Å². The van der Waals surface area contributed by atoms with Gasteiger partial charge in [-0.05, 0) is 42.5 Å². The third-order valence-corrected chi connectivity index (χ3v) is 7.38. The van der Waals surface area contributed by atoms with Crippen molar-refractivity contribution in [3.8, 4) is 10.7 Å². The number of amides is 1. The highest BCUT2D eigenvalue weighted by atomic mass is 35.5. The molecular formula is C19H27Cl2N5O2S. The molecular weight excluding hydrogens is 433 g/mol. The Morgan fingerprint density at radius 3 is 2.62 bits per heavy atom. The van der Waals surface area contributed by atoms with Gasteiger partial charge in [0.15, 0.2) is 0 Å². The van der Waals surface area contributed by atoms with Gasteiger partial charge in [0.2, 0.25) is 17.6 Å². The van der Waals surface area contributed by atoms with Crippen LogP contribution in [0.1, 0.15) is 25.2 Å². The zero-order chi connectivity index (χ0) is 18.4. The first-order chi connectivity index (χ1) is 13.2. The molecule has 3 aliphatic rings. The van der Waals surface area contributed by atoms with Gasteiger partial charge in [0.1, 0.15) is 0 Å². The Labute approximate surface area is 186 Å². The van der Waals surface area contributed by atoms with Gasteiger partial charge in [0, 0.05) is 32.2 Å². The number of fused-ring (bicyclic) bond motifs is 2. The molecule has 10 heteroatoms. The zero-order valence-electron chi connectivity index (χ0n) is 16.1. The minimum absolute atomic E-state index is 0. The molecule has 3 fully saturated rings. The van der Waals surface area contributed by atoms with Crippen LogP contribution < -0.4 is 5.73 Å². The van der Waals surface area contributed by atoms with Crippen molar-refractivity contribution in [2.24, 2.45) is 23.5 Å². The van der Waals surface area contributed by atoms with Gasteiger partial charge in [-0.25, -0.2) is 0 Å². The molecule has 2 saturated carbocycles. The van der Waals surface area contributed by atoms with Crippen LogP contribution in [0.2, 0.25) is 0 Å². The minimum Gasteiger partial charge on any atom is -0.340 e. The zero-order valence-corrected chi connectivity index (χ0v) is 18.6. The maximum atomic E-state index is 13.0. The second-order valence-electron chi connectivity index (χ2n) is 8.03. The highest BCUT2D eigenvalue weighted by Gasteiger charge is 2.50. The van der Waals surface area contributed by atoms with Gasteiger partial charge in [-0.1, -0.05) is 11.2 Å². The van der Waals surface area contributed by atoms with Crippen molar-refractivity contribution in [1.29, 1.82) is 0 Å². The van der Waals surface area contributed by atoms with Crippen LogP contribution in [0.3, 0.4) is 0 Å². The van der Waals surface area contributed by atoms with Crippen molar-refractivity contribution in [2.45, 2.75) is 31.8 Å². The number of thiophene rings is 1. The number of nitrogens with two attached hydrogens (primary N) is 1. The molecule has 0 aromatic carbocycles. The number of rotatable bonds is 4. The summed E-state index contributed by atoms with van der Waals surface area (Å²) in [6.07, 6.45) is 3.54. The van der Waals surface area contributed by atoms with E-state index >= 15 is 0 Å². The molecule has 2 bridgehead atoms. The summed E-state index contributed by atoms with van der Waals surface area (Å²) < 4.78 is 5.40. The lowest BCUT2D eigenvalue weighted by Gasteiger charge is -2.38. The van der Waals surface area contributed by atoms with Crippen molar-refractivity contribution < 1.29 is 9.32 Å². The third kappa shape index (κ3) is 4.32. The predicted molar refractivity (Wildman–Crippen MR) is 116 cm³/mol. The lowest BCUT2D eigenvalue weighted by Crippen LogP contribution is -2.53. The summed E-state index contributed by atoms with van der Waals surface area (Å²) in [5.74, 6) is 2.71. The van der Waals surface area contributed by atoms with Crippen LogP contribution >= 0.6 is 36.2 Å². The van der Waals surface area contributed by atoms with E-state index in [-0.39, 0.29) is 42.7 Å². The molecule has 0 spiro atoms. The van der Waals surface area contributed by atoms with E-state index in [1.807, 2.05) is 22.4 Å². The molecule has 3 heterocycles. The second kappa shape index (κ2) is 9.31. The van der Waals surface area contributed by atoms with Crippen molar-refractivity contribution >= 4 is 42.1 Å². The van der Waals surface area contributed by atoms with Gasteiger partial charge >= 0.3 is 0 Å². The molecule has 4 unspecified atom stereocenters. The van der Waals surface area contributed by atoms with E-state index in [0.29, 0.717) is 30.1 Å². The molecule has 2 N–H and O–H groups in total. The Bertz CT molecular complexity index is 807. The third-order valence-electron chi connectivity index (χ3n) is 6.52. The van der Waals surface area contributed by atoms with Gasteiger partial charge in [-0.2, -0.15) is 4.98 Å². The molecule has 160 valence electrons. The summed E-state index contributed by atoms with van der Waals surface area (Å²) >= 11 is 1.60. The fourth-order valence-electron chi connectivity index (χ4n) is 5.06. The van der Waals surface area contributed by atoms with Crippen LogP contribution in [0.15, 0.2) is 22.0 Å². The Morgan fingerprint density at radius 1 is 1.21 bits per heavy atom. The van der Waals surface area contributed by atoms with Crippen LogP contribution in [0, 0.1) is 17.8 Å². The largest absolute Gasteiger partial charge is 0.340 e. The molecule has 2 aromatic heterocycles. The van der Waals surface area contributed by atoms with E-state index in [4.69, 9.17) is 10.3 Å². The van der Waals surface area contributed by atoms with Gasteiger partial charge in [-0.15, -0.1) is 36.2 Å². The first-order valence-electron chi connectivity index (χ1n) is 9.82. The topological polar surface area (TPSA) is 88.5 Å². The number of nitrogens with zero attached hydrogens (tertiary/aromatic N) is 4. The minimum atomic E-state index is 0. The number of carbonyl (C=O) groups is 1. The normalized spacial score (nSPS) is 28.8. The van der Waals surface area contributed by atoms with Gasteiger partial charge in [0.25, 0.3) is 0 Å². The van der Waals surface area contributed by atoms with Gasteiger partial charge < -0.3 is 15.2 Å². The maximum Gasteiger partial charge on any atom is 0.241 e. The molecule has 0 radical (unpaired) electrons. The van der Waals surface area contributed by atoms with E-state index in [1.54, 1.807) is 11.3 Å². The second-order valence-corrected chi connectivity index (χ2v) is 8.97. The first kappa shape index (κ1) is 22.5. The molecule has 2 aliphatic carbocycles. The summed E-state index contributed by atoms with van der Waals surface area (Å²) in [7, 11) is 0. The van der Waals surface area contributed by atoms with Crippen LogP contribution in [-0.4, -0.2) is 58.1 Å². The molecule has 1 aliphatic heterocycles. The lowest BCUT2D eigenvalue weighted by atomic mass is 9.84. The smallest absolute Gasteiger partial charge is 0.241 e. The SMILES string of the molecule is Cl.Cl.NC1C2CCC(C2)C1C(=O)N1CCN(Cc2nc(-c3cccs3)no2)CC1. The maximum absolute atomic E-state index is 13.0. The predicted octanol–water partition coefficient (Wildman–Crippen LogP) is 2.66. The summed E-state index contributed by atoms with van der Waals surface area (Å²) in [4.78, 5) is 22.8. The summed E-state index contributed by atoms with van der Waals surface area (Å²) in [5.41, 5.74) is 6.36. The summed E-state index contributed by atoms with van der Waals surface area (Å²) in [6.45, 7) is 3.81. The molecule has 29 heavy (non-hydrogen) atoms. The lowest BCUT2D eigenvalue weighted by molar-refractivity contribution is -0.139. The van der Waals surface area contributed by atoms with Crippen molar-refractivity contribution in [2.75, 3.05) is 26.2 Å². The number of aromatic nitrogens is 2. The number of piperazine rings is 1. The van der Waals surface area contributed by atoms with Crippen molar-refractivity contribution in [3.63, 3.8) is 0 Å². The van der Waals surface area contributed by atoms with E-state index in [1.165, 1.54) is 12.8 Å². The van der Waals surface area contributed by atoms with Crippen LogP contribution in [-0.2, 0) is 11.3 Å². The molecule has 7 nitrogen and oxygen atoms in total. The summed E-state index contributed by atoms with van der Waals surface area (Å²) in [5, 5.41) is 6.07. The highest BCUT2D eigenvalue weighted by molar-refractivity contribution is 7.13. The molecule has 1 amide bonds. The van der Waals surface area contributed by atoms with E-state index < -0.39 is 0 Å². The summed E-state index contributed by atoms with van der Waals surface area (Å²) in [6, 6.07) is 4.04. The standard InChI is InChI=1S/C19H25N5O2S.2ClH/c20-17-13-4-3-12(10-13)16(17)19(25)24-7-5-23(6-8-24)11-15-21-18(22-26-15)14-2-1-9-27-14;;/h1-2,9,12-13,16-17H,3-8,10-11,20H2;2*1H. The molecule has 5 rings (SSSR count). The Balaban J connectivity index is 0.00000120. The van der Waals surface area contributed by atoms with Crippen LogP contribution in [0.25, 0.3) is 10.7 Å². The highest BCUT2D eigenvalue weighted by Crippen LogP contribution is 2.48. The Kier molecular flexibility index (Phi) is 7.22. The molecule has 2 aromatic rings. The van der Waals surface area contributed by atoms with E-state index in [9.17, 15) is 4.79 Å². The number of halogens is 2. The first-order valence-corrected chi connectivity index (χ1v) is 10.7. The van der Waals surface area contributed by atoms with E-state index in [0.717, 1.165) is 37.5 Å². The van der Waals surface area contributed by atoms with Crippen LogP contribution in [0.4, 0.5) is 0 Å². The van der Waals surface area contributed by atoms with Crippen LogP contribution in [0.5, 0.6) is 0 Å². The Hall–Kier alpha value is -1.19. The van der Waals surface area contributed by atoms with Crippen molar-refractivity contribution in [3.05, 3.63) is 23.4 Å². The Morgan fingerprint density at radius 2 is 1.97 bits per heavy atom. The molecule has 4 atom stereocenters. The number of hydrogen-bond donors (Lipinski definition) is 1. The van der Waals surface area contributed by atoms with E-state index in [2.05, 4.69) is 15.0 Å². The number of hydrogen-bond acceptors (Lipinski definition) is 7.